The topological polar surface area (TPSA) is 55.6 Å². The van der Waals surface area contributed by atoms with Crippen LogP contribution in [-0.4, -0.2) is 18.2 Å². The molecule has 2 aliphatic rings. The molecule has 1 aliphatic heterocycles. The molecule has 1 spiro atoms. The van der Waals surface area contributed by atoms with Gasteiger partial charge >= 0.3 is 6.09 Å². The fraction of sp³-hybridized carbons (Fsp3) is 0.500. The first-order valence-electron chi connectivity index (χ1n) is 6.55. The summed E-state index contributed by atoms with van der Waals surface area (Å²) in [5, 5.41) is 0. The van der Waals surface area contributed by atoms with Crippen LogP contribution in [0.5, 0.6) is 0 Å². The summed E-state index contributed by atoms with van der Waals surface area (Å²) in [6.07, 6.45) is 5.11. The number of carbonyl (C=O) groups is 1. The lowest BCUT2D eigenvalue weighted by Gasteiger charge is -2.38. The lowest BCUT2D eigenvalue weighted by Crippen LogP contribution is -2.48. The SMILES string of the molecule is Nc1ccc(N2CCC3(CCCC3)OC2=O)cc1. The Morgan fingerprint density at radius 2 is 1.78 bits per heavy atom. The van der Waals surface area contributed by atoms with E-state index in [1.54, 1.807) is 4.90 Å². The Labute approximate surface area is 107 Å². The molecular formula is C14H18N2O2. The summed E-state index contributed by atoms with van der Waals surface area (Å²) >= 11 is 0. The number of ether oxygens (including phenoxy) is 1. The second-order valence-corrected chi connectivity index (χ2v) is 5.25. The molecular weight excluding hydrogens is 228 g/mol. The molecule has 4 nitrogen and oxygen atoms in total. The minimum atomic E-state index is -0.215. The third kappa shape index (κ3) is 1.92. The number of nitrogens with zero attached hydrogens (tertiary/aromatic N) is 1. The maximum absolute atomic E-state index is 12.1. The molecule has 1 aromatic carbocycles. The van der Waals surface area contributed by atoms with Gasteiger partial charge < -0.3 is 10.5 Å². The van der Waals surface area contributed by atoms with Gasteiger partial charge in [-0.3, -0.25) is 4.90 Å². The molecule has 2 N–H and O–H groups in total. The fourth-order valence-corrected chi connectivity index (χ4v) is 2.96. The van der Waals surface area contributed by atoms with Crippen molar-refractivity contribution >= 4 is 17.5 Å². The van der Waals surface area contributed by atoms with Crippen LogP contribution >= 0.6 is 0 Å². The van der Waals surface area contributed by atoms with Crippen LogP contribution in [-0.2, 0) is 4.74 Å². The number of benzene rings is 1. The highest BCUT2D eigenvalue weighted by molar-refractivity contribution is 5.88. The Kier molecular flexibility index (Phi) is 2.65. The number of nitrogen functional groups attached to an aromatic ring is 1. The summed E-state index contributed by atoms with van der Waals surface area (Å²) < 4.78 is 5.69. The van der Waals surface area contributed by atoms with E-state index < -0.39 is 0 Å². The van der Waals surface area contributed by atoms with Crippen molar-refractivity contribution in [2.75, 3.05) is 17.2 Å². The molecule has 1 saturated heterocycles. The van der Waals surface area contributed by atoms with E-state index in [1.165, 1.54) is 12.8 Å². The Bertz CT molecular complexity index is 449. The predicted octanol–water partition coefficient (Wildman–Crippen LogP) is 2.93. The van der Waals surface area contributed by atoms with Gasteiger partial charge in [0.1, 0.15) is 5.60 Å². The lowest BCUT2D eigenvalue weighted by molar-refractivity contribution is 0.000549. The van der Waals surface area contributed by atoms with Gasteiger partial charge in [0.2, 0.25) is 0 Å². The molecule has 2 fully saturated rings. The minimum Gasteiger partial charge on any atom is -0.442 e. The molecule has 4 heteroatoms. The van der Waals surface area contributed by atoms with E-state index in [4.69, 9.17) is 10.5 Å². The van der Waals surface area contributed by atoms with E-state index in [-0.39, 0.29) is 11.7 Å². The van der Waals surface area contributed by atoms with Gasteiger partial charge in [-0.2, -0.15) is 0 Å². The summed E-state index contributed by atoms with van der Waals surface area (Å²) in [5.41, 5.74) is 7.05. The van der Waals surface area contributed by atoms with Gasteiger partial charge in [-0.05, 0) is 49.9 Å². The van der Waals surface area contributed by atoms with Crippen LogP contribution in [0.1, 0.15) is 32.1 Å². The first-order valence-corrected chi connectivity index (χ1v) is 6.55. The van der Waals surface area contributed by atoms with Crippen LogP contribution in [0.3, 0.4) is 0 Å². The third-order valence-electron chi connectivity index (χ3n) is 4.03. The molecule has 0 bridgehead atoms. The van der Waals surface area contributed by atoms with Gasteiger partial charge in [0, 0.05) is 24.3 Å². The number of amides is 1. The van der Waals surface area contributed by atoms with Crippen LogP contribution < -0.4 is 10.6 Å². The van der Waals surface area contributed by atoms with Gasteiger partial charge in [0.15, 0.2) is 0 Å². The quantitative estimate of drug-likeness (QED) is 0.775. The van der Waals surface area contributed by atoms with Crippen molar-refractivity contribution in [3.8, 4) is 0 Å². The molecule has 0 unspecified atom stereocenters. The summed E-state index contributed by atoms with van der Waals surface area (Å²) in [4.78, 5) is 13.8. The summed E-state index contributed by atoms with van der Waals surface area (Å²) in [7, 11) is 0. The van der Waals surface area contributed by atoms with Crippen molar-refractivity contribution in [1.82, 2.24) is 0 Å². The highest BCUT2D eigenvalue weighted by atomic mass is 16.6. The Balaban J connectivity index is 1.76. The zero-order valence-corrected chi connectivity index (χ0v) is 10.4. The largest absolute Gasteiger partial charge is 0.442 e. The molecule has 18 heavy (non-hydrogen) atoms. The number of nitrogens with two attached hydrogens (primary N) is 1. The molecule has 3 rings (SSSR count). The van der Waals surface area contributed by atoms with Crippen molar-refractivity contribution in [1.29, 1.82) is 0 Å². The van der Waals surface area contributed by atoms with E-state index >= 15 is 0 Å². The Morgan fingerprint density at radius 1 is 1.11 bits per heavy atom. The highest BCUT2D eigenvalue weighted by Gasteiger charge is 2.42. The second kappa shape index (κ2) is 4.19. The van der Waals surface area contributed by atoms with Gasteiger partial charge in [-0.1, -0.05) is 0 Å². The maximum Gasteiger partial charge on any atom is 0.414 e. The van der Waals surface area contributed by atoms with E-state index in [9.17, 15) is 4.79 Å². The van der Waals surface area contributed by atoms with Crippen molar-refractivity contribution in [2.24, 2.45) is 0 Å². The van der Waals surface area contributed by atoms with Gasteiger partial charge in [0.05, 0.1) is 0 Å². The molecule has 96 valence electrons. The number of rotatable bonds is 1. The van der Waals surface area contributed by atoms with Crippen molar-refractivity contribution in [3.05, 3.63) is 24.3 Å². The van der Waals surface area contributed by atoms with Crippen LogP contribution in [0, 0.1) is 0 Å². The summed E-state index contributed by atoms with van der Waals surface area (Å²) in [5.74, 6) is 0. The van der Waals surface area contributed by atoms with E-state index in [1.807, 2.05) is 24.3 Å². The molecule has 1 amide bonds. The van der Waals surface area contributed by atoms with Gasteiger partial charge in [0.25, 0.3) is 0 Å². The van der Waals surface area contributed by atoms with Crippen molar-refractivity contribution < 1.29 is 9.53 Å². The average Bonchev–Trinajstić information content (AvgIpc) is 2.79. The van der Waals surface area contributed by atoms with Crippen LogP contribution in [0.2, 0.25) is 0 Å². The van der Waals surface area contributed by atoms with E-state index in [0.29, 0.717) is 5.69 Å². The van der Waals surface area contributed by atoms with Crippen LogP contribution in [0.15, 0.2) is 24.3 Å². The maximum atomic E-state index is 12.1. The van der Waals surface area contributed by atoms with Gasteiger partial charge in [-0.15, -0.1) is 0 Å². The smallest absolute Gasteiger partial charge is 0.414 e. The fourth-order valence-electron chi connectivity index (χ4n) is 2.96. The first-order chi connectivity index (χ1) is 8.69. The average molecular weight is 246 g/mol. The van der Waals surface area contributed by atoms with Crippen LogP contribution in [0.25, 0.3) is 0 Å². The zero-order chi connectivity index (χ0) is 12.6. The van der Waals surface area contributed by atoms with Crippen molar-refractivity contribution in [2.45, 2.75) is 37.7 Å². The van der Waals surface area contributed by atoms with Crippen LogP contribution in [0.4, 0.5) is 16.2 Å². The Morgan fingerprint density at radius 3 is 2.39 bits per heavy atom. The zero-order valence-electron chi connectivity index (χ0n) is 10.4. The summed E-state index contributed by atoms with van der Waals surface area (Å²) in [6, 6.07) is 7.34. The number of carbonyl (C=O) groups excluding carboxylic acids is 1. The molecule has 1 aliphatic carbocycles. The molecule has 1 aromatic rings. The monoisotopic (exact) mass is 246 g/mol. The molecule has 1 heterocycles. The molecule has 0 atom stereocenters. The first kappa shape index (κ1) is 11.4. The number of hydrogen-bond donors (Lipinski definition) is 1. The van der Waals surface area contributed by atoms with E-state index in [0.717, 1.165) is 31.5 Å². The van der Waals surface area contributed by atoms with Crippen molar-refractivity contribution in [3.63, 3.8) is 0 Å². The number of hydrogen-bond acceptors (Lipinski definition) is 3. The molecule has 0 radical (unpaired) electrons. The summed E-state index contributed by atoms with van der Waals surface area (Å²) in [6.45, 7) is 0.739. The third-order valence-corrected chi connectivity index (χ3v) is 4.03. The normalized spacial score (nSPS) is 22.2. The minimum absolute atomic E-state index is 0.165. The molecule has 1 saturated carbocycles. The second-order valence-electron chi connectivity index (χ2n) is 5.25. The number of anilines is 2. The highest BCUT2D eigenvalue weighted by Crippen LogP contribution is 2.40. The molecule has 0 aromatic heterocycles. The predicted molar refractivity (Wildman–Crippen MR) is 70.5 cm³/mol. The van der Waals surface area contributed by atoms with E-state index in [2.05, 4.69) is 0 Å². The standard InChI is InChI=1S/C14H18N2O2/c15-11-3-5-12(6-4-11)16-10-9-14(18-13(16)17)7-1-2-8-14/h3-6H,1-2,7-10,15H2. The lowest BCUT2D eigenvalue weighted by atomic mass is 9.96. The van der Waals surface area contributed by atoms with Gasteiger partial charge in [-0.25, -0.2) is 4.79 Å². The Hall–Kier alpha value is -1.71.